The van der Waals surface area contributed by atoms with Gasteiger partial charge in [0.25, 0.3) is 5.91 Å². The summed E-state index contributed by atoms with van der Waals surface area (Å²) >= 11 is 9.31. The topological polar surface area (TPSA) is 38.3 Å². The Morgan fingerprint density at radius 3 is 2.81 bits per heavy atom. The van der Waals surface area contributed by atoms with Gasteiger partial charge in [0.2, 0.25) is 0 Å². The number of halogens is 2. The minimum absolute atomic E-state index is 0.200. The van der Waals surface area contributed by atoms with E-state index in [4.69, 9.17) is 16.3 Å². The predicted molar refractivity (Wildman–Crippen MR) is 89.1 cm³/mol. The van der Waals surface area contributed by atoms with E-state index in [-0.39, 0.29) is 5.91 Å². The Balaban J connectivity index is 2.21. The van der Waals surface area contributed by atoms with Crippen molar-refractivity contribution in [3.05, 3.63) is 63.1 Å². The number of anilines is 1. The lowest BCUT2D eigenvalue weighted by atomic mass is 10.1. The maximum absolute atomic E-state index is 12.4. The molecule has 0 fully saturated rings. The third kappa shape index (κ3) is 4.30. The number of benzene rings is 2. The lowest BCUT2D eigenvalue weighted by Crippen LogP contribution is -2.14. The first-order valence-corrected chi connectivity index (χ1v) is 7.62. The number of amides is 1. The summed E-state index contributed by atoms with van der Waals surface area (Å²) in [7, 11) is 1.66. The van der Waals surface area contributed by atoms with Gasteiger partial charge in [0.1, 0.15) is 0 Å². The minimum atomic E-state index is -0.200. The van der Waals surface area contributed by atoms with Crippen LogP contribution in [0.5, 0.6) is 0 Å². The van der Waals surface area contributed by atoms with Gasteiger partial charge in [0, 0.05) is 22.3 Å². The van der Waals surface area contributed by atoms with Crippen molar-refractivity contribution < 1.29 is 9.53 Å². The molecule has 0 radical (unpaired) electrons. The number of rotatable bonds is 5. The zero-order valence-corrected chi connectivity index (χ0v) is 13.9. The number of methoxy groups -OCH3 is 1. The van der Waals surface area contributed by atoms with Crippen LogP contribution in [0.3, 0.4) is 0 Å². The molecule has 21 heavy (non-hydrogen) atoms. The highest BCUT2D eigenvalue weighted by Gasteiger charge is 2.12. The number of nitrogens with one attached hydrogen (secondary N) is 1. The third-order valence-electron chi connectivity index (χ3n) is 3.01. The molecular weight excluding hydrogens is 354 g/mol. The van der Waals surface area contributed by atoms with Crippen LogP contribution < -0.4 is 5.32 Å². The van der Waals surface area contributed by atoms with Crippen molar-refractivity contribution >= 4 is 39.1 Å². The Labute approximate surface area is 137 Å². The van der Waals surface area contributed by atoms with Crippen molar-refractivity contribution in [3.8, 4) is 0 Å². The van der Waals surface area contributed by atoms with E-state index in [2.05, 4.69) is 21.2 Å². The summed E-state index contributed by atoms with van der Waals surface area (Å²) in [6, 6.07) is 12.8. The second-order valence-corrected chi connectivity index (χ2v) is 5.77. The van der Waals surface area contributed by atoms with Gasteiger partial charge in [-0.1, -0.05) is 29.8 Å². The molecule has 0 heterocycles. The monoisotopic (exact) mass is 367 g/mol. The van der Waals surface area contributed by atoms with Gasteiger partial charge >= 0.3 is 0 Å². The molecule has 0 saturated carbocycles. The molecule has 3 nitrogen and oxygen atoms in total. The summed E-state index contributed by atoms with van der Waals surface area (Å²) in [5, 5.41) is 3.44. The van der Waals surface area contributed by atoms with E-state index in [1.54, 1.807) is 25.3 Å². The molecule has 0 aromatic heterocycles. The Morgan fingerprint density at radius 1 is 1.29 bits per heavy atom. The summed E-state index contributed by atoms with van der Waals surface area (Å²) < 4.78 is 5.79. The quantitative estimate of drug-likeness (QED) is 0.841. The Kier molecular flexibility index (Phi) is 5.79. The zero-order chi connectivity index (χ0) is 15.2. The molecule has 0 aliphatic heterocycles. The molecular formula is C16H15BrClNO2. The molecule has 0 spiro atoms. The van der Waals surface area contributed by atoms with E-state index in [0.717, 1.165) is 17.7 Å². The van der Waals surface area contributed by atoms with Gasteiger partial charge in [-0.2, -0.15) is 0 Å². The molecule has 110 valence electrons. The lowest BCUT2D eigenvalue weighted by Gasteiger charge is -2.12. The number of hydrogen-bond donors (Lipinski definition) is 1. The number of ether oxygens (including phenoxy) is 1. The van der Waals surface area contributed by atoms with Crippen LogP contribution in [-0.2, 0) is 11.2 Å². The van der Waals surface area contributed by atoms with E-state index in [1.165, 1.54) is 0 Å². The summed E-state index contributed by atoms with van der Waals surface area (Å²) in [6.07, 6.45) is 0.740. The van der Waals surface area contributed by atoms with Crippen molar-refractivity contribution in [2.45, 2.75) is 6.42 Å². The minimum Gasteiger partial charge on any atom is -0.384 e. The van der Waals surface area contributed by atoms with Crippen LogP contribution in [0.2, 0.25) is 5.02 Å². The number of carbonyl (C=O) groups excluding carboxylic acids is 1. The number of para-hydroxylation sites is 1. The molecule has 2 aromatic carbocycles. The summed E-state index contributed by atoms with van der Waals surface area (Å²) in [4.78, 5) is 12.4. The second-order valence-electron chi connectivity index (χ2n) is 4.48. The highest BCUT2D eigenvalue weighted by molar-refractivity contribution is 9.10. The zero-order valence-electron chi connectivity index (χ0n) is 11.5. The van der Waals surface area contributed by atoms with E-state index in [9.17, 15) is 4.79 Å². The summed E-state index contributed by atoms with van der Waals surface area (Å²) in [5.41, 5.74) is 2.32. The summed E-state index contributed by atoms with van der Waals surface area (Å²) in [6.45, 7) is 0.605. The van der Waals surface area contributed by atoms with Crippen LogP contribution in [0.15, 0.2) is 46.9 Å². The average Bonchev–Trinajstić information content (AvgIpc) is 2.48. The molecule has 1 N–H and O–H groups in total. The number of carbonyl (C=O) groups is 1. The van der Waals surface area contributed by atoms with Crippen LogP contribution in [0.4, 0.5) is 5.69 Å². The van der Waals surface area contributed by atoms with Crippen LogP contribution in [0.1, 0.15) is 15.9 Å². The first-order chi connectivity index (χ1) is 10.1. The van der Waals surface area contributed by atoms with E-state index >= 15 is 0 Å². The highest BCUT2D eigenvalue weighted by atomic mass is 79.9. The van der Waals surface area contributed by atoms with Crippen LogP contribution in [0.25, 0.3) is 0 Å². The molecule has 0 aliphatic rings. The van der Waals surface area contributed by atoms with Gasteiger partial charge < -0.3 is 10.1 Å². The maximum atomic E-state index is 12.4. The molecule has 0 aliphatic carbocycles. The standard InChI is InChI=1S/C16H15BrClNO2/c1-21-9-8-11-4-2-3-5-15(11)19-16(20)13-10-12(18)6-7-14(13)17/h2-7,10H,8-9H2,1H3,(H,19,20). The van der Waals surface area contributed by atoms with Crippen molar-refractivity contribution in [2.75, 3.05) is 19.0 Å². The normalized spacial score (nSPS) is 10.4. The smallest absolute Gasteiger partial charge is 0.256 e. The van der Waals surface area contributed by atoms with Gasteiger partial charge in [-0.25, -0.2) is 0 Å². The molecule has 0 bridgehead atoms. The fourth-order valence-corrected chi connectivity index (χ4v) is 2.53. The van der Waals surface area contributed by atoms with E-state index in [1.807, 2.05) is 24.3 Å². The molecule has 2 aromatic rings. The Morgan fingerprint density at radius 2 is 2.05 bits per heavy atom. The van der Waals surface area contributed by atoms with Crippen molar-refractivity contribution in [3.63, 3.8) is 0 Å². The molecule has 0 saturated heterocycles. The average molecular weight is 369 g/mol. The van der Waals surface area contributed by atoms with Crippen molar-refractivity contribution in [1.82, 2.24) is 0 Å². The largest absolute Gasteiger partial charge is 0.384 e. The molecule has 2 rings (SSSR count). The van der Waals surface area contributed by atoms with Crippen LogP contribution in [0, 0.1) is 0 Å². The maximum Gasteiger partial charge on any atom is 0.256 e. The van der Waals surface area contributed by atoms with Gasteiger partial charge in [-0.15, -0.1) is 0 Å². The third-order valence-corrected chi connectivity index (χ3v) is 3.94. The molecule has 1 amide bonds. The Bertz CT molecular complexity index is 646. The fourth-order valence-electron chi connectivity index (χ4n) is 1.93. The van der Waals surface area contributed by atoms with Gasteiger partial charge in [-0.05, 0) is 52.2 Å². The van der Waals surface area contributed by atoms with Crippen LogP contribution >= 0.6 is 27.5 Å². The molecule has 0 unspecified atom stereocenters. The van der Waals surface area contributed by atoms with E-state index in [0.29, 0.717) is 21.7 Å². The molecule has 0 atom stereocenters. The summed E-state index contributed by atoms with van der Waals surface area (Å²) in [5.74, 6) is -0.200. The Hall–Kier alpha value is -1.36. The van der Waals surface area contributed by atoms with Crippen molar-refractivity contribution in [2.24, 2.45) is 0 Å². The molecule has 5 heteroatoms. The van der Waals surface area contributed by atoms with Gasteiger partial charge in [0.05, 0.1) is 12.2 Å². The first-order valence-electron chi connectivity index (χ1n) is 6.45. The van der Waals surface area contributed by atoms with Crippen LogP contribution in [-0.4, -0.2) is 19.6 Å². The van der Waals surface area contributed by atoms with Crippen molar-refractivity contribution in [1.29, 1.82) is 0 Å². The fraction of sp³-hybridized carbons (Fsp3) is 0.188. The first kappa shape index (κ1) is 16.0. The highest BCUT2D eigenvalue weighted by Crippen LogP contribution is 2.23. The van der Waals surface area contributed by atoms with Gasteiger partial charge in [-0.3, -0.25) is 4.79 Å². The predicted octanol–water partition coefficient (Wildman–Crippen LogP) is 4.54. The number of hydrogen-bond acceptors (Lipinski definition) is 2. The van der Waals surface area contributed by atoms with Gasteiger partial charge in [0.15, 0.2) is 0 Å². The van der Waals surface area contributed by atoms with E-state index < -0.39 is 0 Å². The second kappa shape index (κ2) is 7.59. The SMILES string of the molecule is COCCc1ccccc1NC(=O)c1cc(Cl)ccc1Br. The lowest BCUT2D eigenvalue weighted by molar-refractivity contribution is 0.102.